The van der Waals surface area contributed by atoms with Crippen LogP contribution in [0.1, 0.15) is 18.4 Å². The van der Waals surface area contributed by atoms with Gasteiger partial charge in [-0.3, -0.25) is 19.8 Å². The number of ether oxygens (including phenoxy) is 2. The molecule has 10 heteroatoms. The number of halogens is 2. The summed E-state index contributed by atoms with van der Waals surface area (Å²) >= 11 is 0. The van der Waals surface area contributed by atoms with Crippen LogP contribution in [0.15, 0.2) is 12.1 Å². The topological polar surface area (TPSA) is 102 Å². The molecule has 1 aliphatic heterocycles. The lowest BCUT2D eigenvalue weighted by atomic mass is 9.97. The molecule has 1 heterocycles. The molecule has 0 bridgehead atoms. The minimum Gasteiger partial charge on any atom is -0.493 e. The van der Waals surface area contributed by atoms with Crippen molar-refractivity contribution in [2.45, 2.75) is 26.0 Å². The molecule has 0 radical (unpaired) electrons. The lowest BCUT2D eigenvalue weighted by molar-refractivity contribution is -0.385. The second kappa shape index (κ2) is 8.06. The second-order valence-corrected chi connectivity index (χ2v) is 5.68. The number of alkyl halides is 2. The summed E-state index contributed by atoms with van der Waals surface area (Å²) in [4.78, 5) is 23.5. The standard InChI is InChI=1S/C15H18F2N2O6/c1-24-12-5-10(8-18-4-2-3-9(7-18)14(20)21)11(19(22)23)6-13(12)25-15(16)17/h5-6,9,15H,2-4,7-8H2,1H3,(H,20,21). The Labute approximate surface area is 142 Å². The summed E-state index contributed by atoms with van der Waals surface area (Å²) in [5.74, 6) is -1.91. The van der Waals surface area contributed by atoms with E-state index in [1.54, 1.807) is 4.90 Å². The van der Waals surface area contributed by atoms with E-state index in [1.165, 1.54) is 13.2 Å². The van der Waals surface area contributed by atoms with Gasteiger partial charge in [0.2, 0.25) is 0 Å². The molecular formula is C15H18F2N2O6. The van der Waals surface area contributed by atoms with Crippen LogP contribution in [0.2, 0.25) is 0 Å². The minimum absolute atomic E-state index is 0.0484. The van der Waals surface area contributed by atoms with Gasteiger partial charge in [0.05, 0.1) is 24.0 Å². The third kappa shape index (κ3) is 4.75. The number of carbonyl (C=O) groups is 1. The van der Waals surface area contributed by atoms with Gasteiger partial charge in [-0.05, 0) is 25.5 Å². The van der Waals surface area contributed by atoms with Gasteiger partial charge in [-0.15, -0.1) is 0 Å². The molecule has 1 fully saturated rings. The van der Waals surface area contributed by atoms with Gasteiger partial charge in [-0.2, -0.15) is 8.78 Å². The van der Waals surface area contributed by atoms with E-state index in [0.29, 0.717) is 19.4 Å². The van der Waals surface area contributed by atoms with Gasteiger partial charge in [0.15, 0.2) is 11.5 Å². The molecule has 0 saturated carbocycles. The van der Waals surface area contributed by atoms with Crippen LogP contribution in [0.5, 0.6) is 11.5 Å². The van der Waals surface area contributed by atoms with Gasteiger partial charge in [0.1, 0.15) is 0 Å². The number of carboxylic acid groups (broad SMARTS) is 1. The molecule has 25 heavy (non-hydrogen) atoms. The summed E-state index contributed by atoms with van der Waals surface area (Å²) in [5, 5.41) is 20.4. The fraction of sp³-hybridized carbons (Fsp3) is 0.533. The van der Waals surface area contributed by atoms with E-state index >= 15 is 0 Å². The molecule has 0 aromatic heterocycles. The Kier molecular flexibility index (Phi) is 6.07. The van der Waals surface area contributed by atoms with Crippen LogP contribution in [0.4, 0.5) is 14.5 Å². The van der Waals surface area contributed by atoms with Crippen LogP contribution in [-0.4, -0.2) is 47.7 Å². The number of carboxylic acids is 1. The highest BCUT2D eigenvalue weighted by Gasteiger charge is 2.28. The van der Waals surface area contributed by atoms with Gasteiger partial charge < -0.3 is 14.6 Å². The Balaban J connectivity index is 2.29. The molecule has 1 N–H and O–H groups in total. The van der Waals surface area contributed by atoms with Crippen LogP contribution < -0.4 is 9.47 Å². The Morgan fingerprint density at radius 3 is 2.76 bits per heavy atom. The molecule has 138 valence electrons. The van der Waals surface area contributed by atoms with Crippen LogP contribution in [0.25, 0.3) is 0 Å². The summed E-state index contributed by atoms with van der Waals surface area (Å²) in [7, 11) is 1.24. The average Bonchev–Trinajstić information content (AvgIpc) is 2.55. The van der Waals surface area contributed by atoms with Gasteiger partial charge in [-0.1, -0.05) is 0 Å². The predicted octanol–water partition coefficient (Wildman–Crippen LogP) is 2.50. The lowest BCUT2D eigenvalue weighted by Gasteiger charge is -2.30. The summed E-state index contributed by atoms with van der Waals surface area (Å²) in [5.41, 5.74) is -0.136. The molecule has 0 spiro atoms. The molecule has 0 amide bonds. The molecule has 1 aliphatic rings. The number of piperidine rings is 1. The monoisotopic (exact) mass is 360 g/mol. The summed E-state index contributed by atoms with van der Waals surface area (Å²) in [6.07, 6.45) is 1.22. The van der Waals surface area contributed by atoms with Gasteiger partial charge >= 0.3 is 12.6 Å². The average molecular weight is 360 g/mol. The fourth-order valence-corrected chi connectivity index (χ4v) is 2.88. The molecule has 2 rings (SSSR count). The van der Waals surface area contributed by atoms with E-state index < -0.39 is 29.2 Å². The Morgan fingerprint density at radius 1 is 1.48 bits per heavy atom. The zero-order chi connectivity index (χ0) is 18.6. The first-order chi connectivity index (χ1) is 11.8. The van der Waals surface area contributed by atoms with E-state index in [0.717, 1.165) is 6.07 Å². The number of nitro groups is 1. The van der Waals surface area contributed by atoms with Crippen molar-refractivity contribution in [3.05, 3.63) is 27.8 Å². The maximum absolute atomic E-state index is 12.5. The van der Waals surface area contributed by atoms with E-state index in [4.69, 9.17) is 9.84 Å². The largest absolute Gasteiger partial charge is 0.493 e. The minimum atomic E-state index is -3.14. The van der Waals surface area contributed by atoms with Crippen LogP contribution >= 0.6 is 0 Å². The maximum atomic E-state index is 12.5. The number of methoxy groups -OCH3 is 1. The smallest absolute Gasteiger partial charge is 0.387 e. The predicted molar refractivity (Wildman–Crippen MR) is 81.9 cm³/mol. The third-order valence-corrected chi connectivity index (χ3v) is 4.03. The second-order valence-electron chi connectivity index (χ2n) is 5.68. The van der Waals surface area contributed by atoms with Crippen molar-refractivity contribution in [3.63, 3.8) is 0 Å². The molecule has 1 aromatic carbocycles. The number of hydrogen-bond donors (Lipinski definition) is 1. The highest BCUT2D eigenvalue weighted by Crippen LogP contribution is 2.36. The normalized spacial score (nSPS) is 18.2. The quantitative estimate of drug-likeness (QED) is 0.589. The Bertz CT molecular complexity index is 655. The molecule has 1 unspecified atom stereocenters. The van der Waals surface area contributed by atoms with Crippen molar-refractivity contribution in [1.82, 2.24) is 4.90 Å². The number of benzene rings is 1. The van der Waals surface area contributed by atoms with Gasteiger partial charge in [-0.25, -0.2) is 0 Å². The highest BCUT2D eigenvalue weighted by atomic mass is 19.3. The molecule has 8 nitrogen and oxygen atoms in total. The van der Waals surface area contributed by atoms with Crippen LogP contribution in [0.3, 0.4) is 0 Å². The van der Waals surface area contributed by atoms with E-state index in [9.17, 15) is 23.7 Å². The summed E-state index contributed by atoms with van der Waals surface area (Å²) in [6.45, 7) is -2.16. The maximum Gasteiger partial charge on any atom is 0.387 e. The fourth-order valence-electron chi connectivity index (χ4n) is 2.88. The van der Waals surface area contributed by atoms with Gasteiger partial charge in [0, 0.05) is 18.7 Å². The molecular weight excluding hydrogens is 342 g/mol. The van der Waals surface area contributed by atoms with Crippen molar-refractivity contribution in [2.24, 2.45) is 5.92 Å². The number of rotatable bonds is 7. The number of hydrogen-bond acceptors (Lipinski definition) is 6. The van der Waals surface area contributed by atoms with E-state index in [2.05, 4.69) is 4.74 Å². The van der Waals surface area contributed by atoms with Crippen molar-refractivity contribution < 1.29 is 33.1 Å². The summed E-state index contributed by atoms with van der Waals surface area (Å²) < 4.78 is 34.1. The first-order valence-corrected chi connectivity index (χ1v) is 7.57. The molecule has 1 atom stereocenters. The van der Waals surface area contributed by atoms with Gasteiger partial charge in [0.25, 0.3) is 5.69 Å². The number of aliphatic carboxylic acids is 1. The lowest BCUT2D eigenvalue weighted by Crippen LogP contribution is -2.38. The first-order valence-electron chi connectivity index (χ1n) is 7.57. The zero-order valence-corrected chi connectivity index (χ0v) is 13.5. The molecule has 1 aromatic rings. The number of likely N-dealkylation sites (tertiary alicyclic amines) is 1. The van der Waals surface area contributed by atoms with Crippen molar-refractivity contribution in [3.8, 4) is 11.5 Å². The molecule has 1 saturated heterocycles. The van der Waals surface area contributed by atoms with Crippen molar-refractivity contribution in [2.75, 3.05) is 20.2 Å². The first kappa shape index (κ1) is 18.8. The SMILES string of the molecule is COc1cc(CN2CCCC(C(=O)O)C2)c([N+](=O)[O-])cc1OC(F)F. The zero-order valence-electron chi connectivity index (χ0n) is 13.5. The summed E-state index contributed by atoms with van der Waals surface area (Å²) in [6, 6.07) is 2.18. The Hall–Kier alpha value is -2.49. The van der Waals surface area contributed by atoms with E-state index in [1.807, 2.05) is 0 Å². The van der Waals surface area contributed by atoms with Crippen molar-refractivity contribution >= 4 is 11.7 Å². The number of nitro benzene ring substituents is 1. The Morgan fingerprint density at radius 2 is 2.20 bits per heavy atom. The molecule has 0 aliphatic carbocycles. The van der Waals surface area contributed by atoms with Crippen LogP contribution in [-0.2, 0) is 11.3 Å². The van der Waals surface area contributed by atoms with Crippen LogP contribution in [0, 0.1) is 16.0 Å². The number of nitrogens with zero attached hydrogens (tertiary/aromatic N) is 2. The van der Waals surface area contributed by atoms with E-state index in [-0.39, 0.29) is 30.1 Å². The third-order valence-electron chi connectivity index (χ3n) is 4.03. The highest BCUT2D eigenvalue weighted by molar-refractivity contribution is 5.70. The van der Waals surface area contributed by atoms with Crippen molar-refractivity contribution in [1.29, 1.82) is 0 Å².